The minimum Gasteiger partial charge on any atom is -0.399 e. The Morgan fingerprint density at radius 1 is 1.08 bits per heavy atom. The van der Waals surface area contributed by atoms with Gasteiger partial charge in [0.15, 0.2) is 0 Å². The van der Waals surface area contributed by atoms with E-state index in [9.17, 15) is 8.42 Å². The normalized spacial score (nSPS) is 10.4. The van der Waals surface area contributed by atoms with Crippen LogP contribution in [0.4, 0.5) is 5.69 Å². The Morgan fingerprint density at radius 3 is 1.83 bits per heavy atom. The van der Waals surface area contributed by atoms with Crippen LogP contribution in [0.15, 0.2) is 29.2 Å². The molecule has 1 radical (unpaired) electrons. The third kappa shape index (κ3) is 2.87. The van der Waals surface area contributed by atoms with Crippen molar-refractivity contribution in [2.45, 2.75) is 4.90 Å². The standard InChI is InChI=1S/C6H8N2O2S.Li/c7-5-1-3-6(4-2-5)11(8,9)10;/h1-4H,7H2,(H2,8,9,10);. The SMILES string of the molecule is Nc1ccc(S(N)(=O)=O)cc1.[Li]. The fourth-order valence-corrected chi connectivity index (χ4v) is 1.17. The molecule has 0 saturated carbocycles. The summed E-state index contributed by atoms with van der Waals surface area (Å²) >= 11 is 0. The molecule has 0 fully saturated rings. The van der Waals surface area contributed by atoms with E-state index in [1.807, 2.05) is 0 Å². The summed E-state index contributed by atoms with van der Waals surface area (Å²) in [5, 5.41) is 4.84. The summed E-state index contributed by atoms with van der Waals surface area (Å²) in [6.07, 6.45) is 0. The van der Waals surface area contributed by atoms with E-state index >= 15 is 0 Å². The molecule has 0 unspecified atom stereocenters. The summed E-state index contributed by atoms with van der Waals surface area (Å²) in [5.74, 6) is 0. The molecule has 0 aliphatic heterocycles. The molecule has 0 aromatic heterocycles. The van der Waals surface area contributed by atoms with Gasteiger partial charge in [-0.25, -0.2) is 13.6 Å². The van der Waals surface area contributed by atoms with E-state index < -0.39 is 10.0 Å². The van der Waals surface area contributed by atoms with Gasteiger partial charge >= 0.3 is 0 Å². The number of hydrogen-bond acceptors (Lipinski definition) is 3. The Balaban J connectivity index is 0.00000121. The summed E-state index contributed by atoms with van der Waals surface area (Å²) in [6, 6.07) is 5.70. The van der Waals surface area contributed by atoms with Crippen molar-refractivity contribution in [3.05, 3.63) is 24.3 Å². The Labute approximate surface area is 83.2 Å². The maximum absolute atomic E-state index is 10.7. The van der Waals surface area contributed by atoms with Gasteiger partial charge in [-0.1, -0.05) is 0 Å². The number of hydrogen-bond donors (Lipinski definition) is 2. The second kappa shape index (κ2) is 3.96. The third-order valence-electron chi connectivity index (χ3n) is 1.21. The number of primary sulfonamides is 1. The first-order valence-corrected chi connectivity index (χ1v) is 4.43. The van der Waals surface area contributed by atoms with E-state index in [1.165, 1.54) is 24.3 Å². The Bertz CT molecular complexity index is 346. The molecule has 12 heavy (non-hydrogen) atoms. The van der Waals surface area contributed by atoms with Crippen LogP contribution in [0, 0.1) is 0 Å². The Morgan fingerprint density at radius 2 is 1.50 bits per heavy atom. The predicted molar refractivity (Wildman–Crippen MR) is 48.0 cm³/mol. The van der Waals surface area contributed by atoms with Crippen LogP contribution in [0.1, 0.15) is 0 Å². The van der Waals surface area contributed by atoms with Crippen LogP contribution >= 0.6 is 0 Å². The van der Waals surface area contributed by atoms with Gasteiger partial charge in [-0.15, -0.1) is 0 Å². The fourth-order valence-electron chi connectivity index (χ4n) is 0.658. The first kappa shape index (κ1) is 11.5. The second-order valence-electron chi connectivity index (χ2n) is 2.11. The quantitative estimate of drug-likeness (QED) is 0.451. The van der Waals surface area contributed by atoms with Crippen molar-refractivity contribution in [3.63, 3.8) is 0 Å². The molecule has 0 heterocycles. The van der Waals surface area contributed by atoms with Crippen molar-refractivity contribution in [2.24, 2.45) is 5.14 Å². The predicted octanol–water partition coefficient (Wildman–Crippen LogP) is -0.465. The maximum atomic E-state index is 10.7. The van der Waals surface area contributed by atoms with Crippen LogP contribution in [0.25, 0.3) is 0 Å². The van der Waals surface area contributed by atoms with Gasteiger partial charge in [0.05, 0.1) is 4.90 Å². The number of benzene rings is 1. The molecular formula is C6H8LiN2O2S. The second-order valence-corrected chi connectivity index (χ2v) is 3.68. The molecule has 1 rings (SSSR count). The van der Waals surface area contributed by atoms with Gasteiger partial charge < -0.3 is 5.73 Å². The van der Waals surface area contributed by atoms with Crippen molar-refractivity contribution in [2.75, 3.05) is 5.73 Å². The average Bonchev–Trinajstić information content (AvgIpc) is 1.86. The van der Waals surface area contributed by atoms with Gasteiger partial charge in [0.25, 0.3) is 0 Å². The molecule has 1 aromatic carbocycles. The molecule has 6 heteroatoms. The van der Waals surface area contributed by atoms with Crippen LogP contribution in [0.5, 0.6) is 0 Å². The van der Waals surface area contributed by atoms with E-state index in [1.54, 1.807) is 0 Å². The molecule has 4 N–H and O–H groups in total. The first-order chi connectivity index (χ1) is 5.00. The van der Waals surface area contributed by atoms with Crippen molar-refractivity contribution in [3.8, 4) is 0 Å². The maximum Gasteiger partial charge on any atom is 0.238 e. The summed E-state index contributed by atoms with van der Waals surface area (Å²) < 4.78 is 21.4. The Kier molecular flexibility index (Phi) is 3.81. The summed E-state index contributed by atoms with van der Waals surface area (Å²) in [7, 11) is -3.58. The molecule has 0 aliphatic carbocycles. The van der Waals surface area contributed by atoms with Gasteiger partial charge in [0.1, 0.15) is 0 Å². The van der Waals surface area contributed by atoms with E-state index in [2.05, 4.69) is 0 Å². The third-order valence-corrected chi connectivity index (χ3v) is 2.14. The minimum absolute atomic E-state index is 0. The summed E-state index contributed by atoms with van der Waals surface area (Å²) in [4.78, 5) is 0.0756. The number of nitrogen functional groups attached to an aromatic ring is 1. The topological polar surface area (TPSA) is 86.2 Å². The number of sulfonamides is 1. The smallest absolute Gasteiger partial charge is 0.238 e. The van der Waals surface area contributed by atoms with Crippen molar-refractivity contribution in [1.82, 2.24) is 0 Å². The van der Waals surface area contributed by atoms with Gasteiger partial charge in [0.2, 0.25) is 10.0 Å². The Hall–Kier alpha value is -0.473. The molecular weight excluding hydrogens is 171 g/mol. The zero-order valence-corrected chi connectivity index (χ0v) is 7.51. The largest absolute Gasteiger partial charge is 0.399 e. The molecule has 0 bridgehead atoms. The van der Waals surface area contributed by atoms with Crippen LogP contribution in [-0.4, -0.2) is 27.3 Å². The van der Waals surface area contributed by atoms with Gasteiger partial charge in [-0.2, -0.15) is 0 Å². The zero-order valence-electron chi connectivity index (χ0n) is 6.69. The first-order valence-electron chi connectivity index (χ1n) is 2.88. The van der Waals surface area contributed by atoms with Crippen molar-refractivity contribution >= 4 is 34.6 Å². The van der Waals surface area contributed by atoms with E-state index in [4.69, 9.17) is 10.9 Å². The number of nitrogens with two attached hydrogens (primary N) is 2. The van der Waals surface area contributed by atoms with Crippen LogP contribution < -0.4 is 10.9 Å². The molecule has 0 atom stereocenters. The summed E-state index contributed by atoms with van der Waals surface area (Å²) in [5.41, 5.74) is 5.85. The van der Waals surface area contributed by atoms with Gasteiger partial charge in [0, 0.05) is 24.5 Å². The monoisotopic (exact) mass is 179 g/mol. The fraction of sp³-hybridized carbons (Fsp3) is 0. The summed E-state index contributed by atoms with van der Waals surface area (Å²) in [6.45, 7) is 0. The minimum atomic E-state index is -3.58. The number of rotatable bonds is 1. The van der Waals surface area contributed by atoms with Crippen LogP contribution in [0.2, 0.25) is 0 Å². The van der Waals surface area contributed by atoms with Crippen molar-refractivity contribution in [1.29, 1.82) is 0 Å². The molecule has 0 spiro atoms. The average molecular weight is 179 g/mol. The molecule has 4 nitrogen and oxygen atoms in total. The molecule has 0 amide bonds. The van der Waals surface area contributed by atoms with Crippen LogP contribution in [-0.2, 0) is 10.0 Å². The molecule has 61 valence electrons. The van der Waals surface area contributed by atoms with Crippen molar-refractivity contribution < 1.29 is 8.42 Å². The van der Waals surface area contributed by atoms with E-state index in [0.717, 1.165) is 0 Å². The molecule has 0 aliphatic rings. The molecule has 1 aromatic rings. The van der Waals surface area contributed by atoms with E-state index in [-0.39, 0.29) is 23.8 Å². The van der Waals surface area contributed by atoms with Gasteiger partial charge in [-0.3, -0.25) is 0 Å². The van der Waals surface area contributed by atoms with E-state index in [0.29, 0.717) is 5.69 Å². The van der Waals surface area contributed by atoms with Gasteiger partial charge in [-0.05, 0) is 24.3 Å². The van der Waals surface area contributed by atoms with Crippen LogP contribution in [0.3, 0.4) is 0 Å². The zero-order chi connectivity index (χ0) is 8.48. The number of anilines is 1. The molecule has 0 saturated heterocycles.